The Bertz CT molecular complexity index is 442. The normalized spacial score (nSPS) is 24.2. The highest BCUT2D eigenvalue weighted by atomic mass is 16.7. The van der Waals surface area contributed by atoms with E-state index in [0.29, 0.717) is 19.8 Å². The van der Waals surface area contributed by atoms with Crippen LogP contribution in [0, 0.1) is 5.92 Å². The van der Waals surface area contributed by atoms with Crippen molar-refractivity contribution in [2.75, 3.05) is 6.61 Å². The van der Waals surface area contributed by atoms with Gasteiger partial charge in [0.2, 0.25) is 0 Å². The predicted octanol–water partition coefficient (Wildman–Crippen LogP) is 2.01. The maximum absolute atomic E-state index is 10.8. The summed E-state index contributed by atoms with van der Waals surface area (Å²) in [5.74, 6) is -0.626. The fourth-order valence-corrected chi connectivity index (χ4v) is 2.32. The lowest BCUT2D eigenvalue weighted by Crippen LogP contribution is -2.21. The number of esters is 1. The van der Waals surface area contributed by atoms with Crippen LogP contribution in [-0.4, -0.2) is 18.4 Å². The predicted molar refractivity (Wildman–Crippen MR) is 63.5 cm³/mol. The van der Waals surface area contributed by atoms with Crippen LogP contribution in [-0.2, 0) is 32.2 Å². The molecule has 0 aromatic heterocycles. The van der Waals surface area contributed by atoms with Gasteiger partial charge in [0.25, 0.3) is 0 Å². The van der Waals surface area contributed by atoms with Crippen molar-refractivity contribution in [1.29, 1.82) is 0 Å². The minimum absolute atomic E-state index is 0.163. The van der Waals surface area contributed by atoms with Gasteiger partial charge in [0, 0.05) is 13.3 Å². The first-order chi connectivity index (χ1) is 8.70. The van der Waals surface area contributed by atoms with Crippen molar-refractivity contribution in [3.8, 4) is 0 Å². The zero-order chi connectivity index (χ0) is 12.6. The van der Waals surface area contributed by atoms with Crippen molar-refractivity contribution in [3.63, 3.8) is 0 Å². The molecule has 96 valence electrons. The van der Waals surface area contributed by atoms with Crippen LogP contribution in [0.3, 0.4) is 0 Å². The van der Waals surface area contributed by atoms with Crippen molar-refractivity contribution in [2.24, 2.45) is 5.92 Å². The van der Waals surface area contributed by atoms with Crippen molar-refractivity contribution in [3.05, 3.63) is 35.4 Å². The van der Waals surface area contributed by atoms with E-state index in [2.05, 4.69) is 12.1 Å². The third kappa shape index (κ3) is 2.13. The van der Waals surface area contributed by atoms with Crippen LogP contribution in [0.25, 0.3) is 0 Å². The second-order valence-corrected chi connectivity index (χ2v) is 4.86. The van der Waals surface area contributed by atoms with Crippen molar-refractivity contribution >= 4 is 5.97 Å². The van der Waals surface area contributed by atoms with Gasteiger partial charge in [-0.1, -0.05) is 24.3 Å². The van der Waals surface area contributed by atoms with Crippen LogP contribution in [0.5, 0.6) is 0 Å². The van der Waals surface area contributed by atoms with Crippen LogP contribution >= 0.6 is 0 Å². The molecule has 1 atom stereocenters. The average Bonchev–Trinajstić information content (AvgIpc) is 3.10. The first-order valence-electron chi connectivity index (χ1n) is 6.18. The van der Waals surface area contributed by atoms with E-state index in [-0.39, 0.29) is 11.9 Å². The van der Waals surface area contributed by atoms with E-state index in [1.54, 1.807) is 0 Å². The molecule has 0 N–H and O–H groups in total. The van der Waals surface area contributed by atoms with Crippen LogP contribution in [0.4, 0.5) is 0 Å². The number of carbonyl (C=O) groups is 1. The van der Waals surface area contributed by atoms with Gasteiger partial charge in [-0.3, -0.25) is 4.79 Å². The molecule has 4 nitrogen and oxygen atoms in total. The lowest BCUT2D eigenvalue weighted by Gasteiger charge is -2.15. The van der Waals surface area contributed by atoms with E-state index >= 15 is 0 Å². The fraction of sp³-hybridized carbons (Fsp3) is 0.500. The molecular weight excluding hydrogens is 232 g/mol. The molecule has 4 heteroatoms. The topological polar surface area (TPSA) is 44.8 Å². The second kappa shape index (κ2) is 4.37. The van der Waals surface area contributed by atoms with E-state index in [1.807, 2.05) is 12.1 Å². The van der Waals surface area contributed by atoms with Crippen LogP contribution < -0.4 is 0 Å². The molecule has 1 saturated carbocycles. The zero-order valence-corrected chi connectivity index (χ0v) is 10.3. The van der Waals surface area contributed by atoms with Gasteiger partial charge in [0.15, 0.2) is 5.79 Å². The summed E-state index contributed by atoms with van der Waals surface area (Å²) in [5, 5.41) is 0. The first-order valence-corrected chi connectivity index (χ1v) is 6.18. The largest absolute Gasteiger partial charge is 0.465 e. The molecule has 0 amide bonds. The lowest BCUT2D eigenvalue weighted by molar-refractivity contribution is -0.188. The Morgan fingerprint density at radius 2 is 1.94 bits per heavy atom. The molecule has 1 heterocycles. The Kier molecular flexibility index (Phi) is 2.84. The van der Waals surface area contributed by atoms with Crippen LogP contribution in [0.1, 0.15) is 24.5 Å². The van der Waals surface area contributed by atoms with Crippen molar-refractivity contribution < 1.29 is 19.0 Å². The number of hydrogen-bond donors (Lipinski definition) is 0. The van der Waals surface area contributed by atoms with Crippen LogP contribution in [0.15, 0.2) is 24.3 Å². The third-order valence-corrected chi connectivity index (χ3v) is 3.54. The van der Waals surface area contributed by atoms with Gasteiger partial charge in [-0.05, 0) is 11.1 Å². The average molecular weight is 248 g/mol. The third-order valence-electron chi connectivity index (χ3n) is 3.54. The molecule has 0 radical (unpaired) electrons. The maximum atomic E-state index is 10.8. The van der Waals surface area contributed by atoms with E-state index in [9.17, 15) is 4.79 Å². The SMILES string of the molecule is CC(=O)OCC1CC12OCc1ccccc1CO2. The van der Waals surface area contributed by atoms with Gasteiger partial charge < -0.3 is 14.2 Å². The summed E-state index contributed by atoms with van der Waals surface area (Å²) in [6, 6.07) is 8.12. The minimum atomic E-state index is -0.533. The highest BCUT2D eigenvalue weighted by Gasteiger charge is 2.58. The summed E-state index contributed by atoms with van der Waals surface area (Å²) in [6.45, 7) is 2.92. The summed E-state index contributed by atoms with van der Waals surface area (Å²) < 4.78 is 16.7. The number of benzene rings is 1. The molecule has 2 aliphatic rings. The summed E-state index contributed by atoms with van der Waals surface area (Å²) >= 11 is 0. The van der Waals surface area contributed by atoms with Gasteiger partial charge in [-0.2, -0.15) is 0 Å². The maximum Gasteiger partial charge on any atom is 0.302 e. The molecule has 1 aromatic rings. The molecule has 1 aliphatic carbocycles. The van der Waals surface area contributed by atoms with Gasteiger partial charge in [0.1, 0.15) is 0 Å². The monoisotopic (exact) mass is 248 g/mol. The Labute approximate surface area is 106 Å². The van der Waals surface area contributed by atoms with Gasteiger partial charge in [0.05, 0.1) is 25.7 Å². The lowest BCUT2D eigenvalue weighted by atomic mass is 10.1. The molecule has 0 saturated heterocycles. The number of hydrogen-bond acceptors (Lipinski definition) is 4. The molecule has 18 heavy (non-hydrogen) atoms. The second-order valence-electron chi connectivity index (χ2n) is 4.86. The first kappa shape index (κ1) is 11.7. The summed E-state index contributed by atoms with van der Waals surface area (Å²) in [5.41, 5.74) is 2.35. The standard InChI is InChI=1S/C14H16O4/c1-10(15)16-9-13-6-14(13)17-7-11-4-2-3-5-12(11)8-18-14/h2-5,13H,6-9H2,1H3. The molecule has 1 fully saturated rings. The fourth-order valence-electron chi connectivity index (χ4n) is 2.32. The smallest absolute Gasteiger partial charge is 0.302 e. The van der Waals surface area contributed by atoms with Crippen LogP contribution in [0.2, 0.25) is 0 Å². The minimum Gasteiger partial charge on any atom is -0.465 e. The number of carbonyl (C=O) groups excluding carboxylic acids is 1. The quantitative estimate of drug-likeness (QED) is 0.751. The Morgan fingerprint density at radius 3 is 2.50 bits per heavy atom. The highest BCUT2D eigenvalue weighted by Crippen LogP contribution is 2.50. The molecule has 1 unspecified atom stereocenters. The van der Waals surface area contributed by atoms with Gasteiger partial charge >= 0.3 is 5.97 Å². The Hall–Kier alpha value is -1.39. The van der Waals surface area contributed by atoms with Gasteiger partial charge in [-0.15, -0.1) is 0 Å². The molecule has 3 rings (SSSR count). The molecule has 0 bridgehead atoms. The van der Waals surface area contributed by atoms with E-state index in [4.69, 9.17) is 14.2 Å². The van der Waals surface area contributed by atoms with E-state index < -0.39 is 5.79 Å². The molecule has 1 aromatic carbocycles. The van der Waals surface area contributed by atoms with Crippen molar-refractivity contribution in [1.82, 2.24) is 0 Å². The summed E-state index contributed by atoms with van der Waals surface area (Å²) in [6.07, 6.45) is 0.800. The zero-order valence-electron chi connectivity index (χ0n) is 10.3. The van der Waals surface area contributed by atoms with Gasteiger partial charge in [-0.25, -0.2) is 0 Å². The summed E-state index contributed by atoms with van der Waals surface area (Å²) in [7, 11) is 0. The Balaban J connectivity index is 1.64. The summed E-state index contributed by atoms with van der Waals surface area (Å²) in [4.78, 5) is 10.8. The number of fused-ring (bicyclic) bond motifs is 1. The Morgan fingerprint density at radius 1 is 1.33 bits per heavy atom. The molecular formula is C14H16O4. The molecule has 1 aliphatic heterocycles. The van der Waals surface area contributed by atoms with E-state index in [0.717, 1.165) is 6.42 Å². The number of ether oxygens (including phenoxy) is 3. The van der Waals surface area contributed by atoms with E-state index in [1.165, 1.54) is 18.1 Å². The highest BCUT2D eigenvalue weighted by molar-refractivity contribution is 5.65. The molecule has 1 spiro atoms. The number of rotatable bonds is 2. The van der Waals surface area contributed by atoms with Crippen molar-refractivity contribution in [2.45, 2.75) is 32.3 Å².